The van der Waals surface area contributed by atoms with Crippen LogP contribution in [0, 0.1) is 11.8 Å². The number of rotatable bonds is 8. The summed E-state index contributed by atoms with van der Waals surface area (Å²) in [4.78, 5) is 47.7. The van der Waals surface area contributed by atoms with Gasteiger partial charge in [0.25, 0.3) is 0 Å². The molecule has 2 amide bonds. The van der Waals surface area contributed by atoms with Crippen molar-refractivity contribution in [3.63, 3.8) is 0 Å². The summed E-state index contributed by atoms with van der Waals surface area (Å²) < 4.78 is 16.7. The van der Waals surface area contributed by atoms with Crippen molar-refractivity contribution >= 4 is 34.4 Å². The molecule has 49 heavy (non-hydrogen) atoms. The molecule has 2 aliphatic carbocycles. The standard InChI is InChI=1S/C42H33NO6/c1-47-30-22-18-26(19-23-30)34-35(27-20-24-31(48-2)25-21-27)42(29-14-8-5-9-15-29)37-36(41(34,40(42)46)28-12-6-4-7-13-28)38(44)43(39(37)45)32-16-10-11-17-33(32)49-3/h4-25,36-37H,1-3H3/t36-,37+,41-,42-/m1/s1. The lowest BCUT2D eigenvalue weighted by Gasteiger charge is -2.39. The van der Waals surface area contributed by atoms with E-state index in [1.165, 1.54) is 12.0 Å². The van der Waals surface area contributed by atoms with Gasteiger partial charge in [-0.05, 0) is 69.8 Å². The van der Waals surface area contributed by atoms with Crippen molar-refractivity contribution in [2.24, 2.45) is 11.8 Å². The number of allylic oxidation sites excluding steroid dienone is 2. The zero-order valence-corrected chi connectivity index (χ0v) is 27.3. The Labute approximate surface area is 284 Å². The SMILES string of the molecule is COc1ccc(C2=C(c3ccc(OC)cc3)[C@@]3(c4ccccc4)C(=O)[C@@]2(c2ccccc2)[C@@H]2C(=O)N(c4ccccc4OC)C(=O)[C@@H]23)cc1. The van der Waals surface area contributed by atoms with Gasteiger partial charge in [0.1, 0.15) is 17.2 Å². The minimum absolute atomic E-state index is 0.189. The number of ketones is 1. The summed E-state index contributed by atoms with van der Waals surface area (Å²) in [5, 5.41) is 0. The maximum Gasteiger partial charge on any atom is 0.239 e. The molecular formula is C42H33NO6. The number of carbonyl (C=O) groups is 3. The number of fused-ring (bicyclic) bond motifs is 5. The topological polar surface area (TPSA) is 82.1 Å². The van der Waals surface area contributed by atoms with Gasteiger partial charge in [-0.15, -0.1) is 0 Å². The number of methoxy groups -OCH3 is 3. The highest BCUT2D eigenvalue weighted by Gasteiger charge is 2.82. The number of para-hydroxylation sites is 2. The third-order valence-corrected chi connectivity index (χ3v) is 10.5. The number of carbonyl (C=O) groups excluding carboxylic acids is 3. The first-order valence-corrected chi connectivity index (χ1v) is 16.1. The molecule has 5 aromatic carbocycles. The first kappa shape index (κ1) is 30.4. The van der Waals surface area contributed by atoms with Gasteiger partial charge in [-0.25, -0.2) is 4.90 Å². The van der Waals surface area contributed by atoms with Gasteiger partial charge in [-0.2, -0.15) is 0 Å². The monoisotopic (exact) mass is 647 g/mol. The first-order chi connectivity index (χ1) is 23.9. The fourth-order valence-electron chi connectivity index (χ4n) is 8.69. The van der Waals surface area contributed by atoms with Crippen molar-refractivity contribution in [3.05, 3.63) is 156 Å². The van der Waals surface area contributed by atoms with Crippen LogP contribution < -0.4 is 19.1 Å². The predicted molar refractivity (Wildman–Crippen MR) is 187 cm³/mol. The van der Waals surface area contributed by atoms with Crippen LogP contribution in [0.5, 0.6) is 17.2 Å². The molecule has 2 fully saturated rings. The zero-order valence-electron chi connectivity index (χ0n) is 27.3. The van der Waals surface area contributed by atoms with E-state index in [2.05, 4.69) is 0 Å². The molecule has 2 bridgehead atoms. The molecule has 1 aliphatic heterocycles. The van der Waals surface area contributed by atoms with E-state index in [0.29, 0.717) is 45.2 Å². The maximum absolute atomic E-state index is 16.1. The van der Waals surface area contributed by atoms with Crippen LogP contribution >= 0.6 is 0 Å². The second-order valence-corrected chi connectivity index (χ2v) is 12.5. The normalized spacial score (nSPS) is 24.0. The van der Waals surface area contributed by atoms with Gasteiger partial charge in [0.2, 0.25) is 11.8 Å². The van der Waals surface area contributed by atoms with Crippen molar-refractivity contribution in [1.82, 2.24) is 0 Å². The van der Waals surface area contributed by atoms with Crippen LogP contribution in [-0.4, -0.2) is 38.9 Å². The van der Waals surface area contributed by atoms with Gasteiger partial charge < -0.3 is 14.2 Å². The number of anilines is 1. The number of amides is 2. The van der Waals surface area contributed by atoms with E-state index in [9.17, 15) is 0 Å². The van der Waals surface area contributed by atoms with Crippen molar-refractivity contribution in [2.75, 3.05) is 26.2 Å². The predicted octanol–water partition coefficient (Wildman–Crippen LogP) is 6.90. The van der Waals surface area contributed by atoms with Gasteiger partial charge in [0.05, 0.1) is 49.7 Å². The number of hydrogen-bond acceptors (Lipinski definition) is 6. The number of imide groups is 1. The van der Waals surface area contributed by atoms with Crippen molar-refractivity contribution in [1.29, 1.82) is 0 Å². The summed E-state index contributed by atoms with van der Waals surface area (Å²) in [5.41, 5.74) is 1.55. The Morgan fingerprint density at radius 2 is 0.898 bits per heavy atom. The number of nitrogens with zero attached hydrogens (tertiary/aromatic N) is 1. The third kappa shape index (κ3) is 3.93. The molecule has 242 valence electrons. The number of ether oxygens (including phenoxy) is 3. The molecule has 0 radical (unpaired) electrons. The van der Waals surface area contributed by atoms with Crippen LogP contribution in [0.25, 0.3) is 11.1 Å². The molecule has 5 aromatic rings. The quantitative estimate of drug-likeness (QED) is 0.171. The van der Waals surface area contributed by atoms with E-state index in [-0.39, 0.29) is 5.78 Å². The first-order valence-electron chi connectivity index (χ1n) is 16.1. The molecule has 7 nitrogen and oxygen atoms in total. The largest absolute Gasteiger partial charge is 0.497 e. The molecular weight excluding hydrogens is 614 g/mol. The van der Waals surface area contributed by atoms with E-state index < -0.39 is 34.5 Å². The minimum Gasteiger partial charge on any atom is -0.497 e. The minimum atomic E-state index is -1.52. The van der Waals surface area contributed by atoms with Gasteiger partial charge >= 0.3 is 0 Å². The highest BCUT2D eigenvalue weighted by molar-refractivity contribution is 6.39. The van der Waals surface area contributed by atoms with Crippen LogP contribution in [0.1, 0.15) is 22.3 Å². The second-order valence-electron chi connectivity index (χ2n) is 12.5. The average molecular weight is 648 g/mol. The zero-order chi connectivity index (χ0) is 33.9. The van der Waals surface area contributed by atoms with E-state index in [4.69, 9.17) is 14.2 Å². The summed E-state index contributed by atoms with van der Waals surface area (Å²) >= 11 is 0. The fourth-order valence-corrected chi connectivity index (χ4v) is 8.69. The molecule has 0 spiro atoms. The Bertz CT molecular complexity index is 2010. The van der Waals surface area contributed by atoms with Crippen molar-refractivity contribution < 1.29 is 28.6 Å². The second kappa shape index (κ2) is 11.3. The Balaban J connectivity index is 1.55. The van der Waals surface area contributed by atoms with Crippen molar-refractivity contribution in [3.8, 4) is 17.2 Å². The third-order valence-electron chi connectivity index (χ3n) is 10.5. The molecule has 0 aromatic heterocycles. The summed E-state index contributed by atoms with van der Waals surface area (Å²) in [6, 6.07) is 41.1. The summed E-state index contributed by atoms with van der Waals surface area (Å²) in [6.45, 7) is 0. The summed E-state index contributed by atoms with van der Waals surface area (Å²) in [6.07, 6.45) is 0. The van der Waals surface area contributed by atoms with E-state index in [0.717, 1.165) is 11.1 Å². The Hall–Kier alpha value is -5.95. The molecule has 4 atom stereocenters. The Morgan fingerprint density at radius 1 is 0.490 bits per heavy atom. The average Bonchev–Trinajstić information content (AvgIpc) is 3.67. The molecule has 7 heteroatoms. The number of Topliss-reactive ketones (excluding diaryl/α,β-unsaturated/α-hetero) is 1. The Morgan fingerprint density at radius 3 is 1.31 bits per heavy atom. The van der Waals surface area contributed by atoms with E-state index in [1.807, 2.05) is 109 Å². The Kier molecular flexibility index (Phi) is 7.03. The lowest BCUT2D eigenvalue weighted by molar-refractivity contribution is -0.130. The lowest BCUT2D eigenvalue weighted by atomic mass is 9.59. The maximum atomic E-state index is 16.1. The van der Waals surface area contributed by atoms with Crippen molar-refractivity contribution in [2.45, 2.75) is 10.8 Å². The van der Waals surface area contributed by atoms with Gasteiger partial charge in [-0.1, -0.05) is 97.1 Å². The van der Waals surface area contributed by atoms with Gasteiger partial charge in [0.15, 0.2) is 5.78 Å². The summed E-state index contributed by atoms with van der Waals surface area (Å²) in [7, 11) is 4.72. The molecule has 1 heterocycles. The van der Waals surface area contributed by atoms with E-state index in [1.54, 1.807) is 38.5 Å². The fraction of sp³-hybridized carbons (Fsp3) is 0.167. The van der Waals surface area contributed by atoms with Crippen LogP contribution in [-0.2, 0) is 25.2 Å². The lowest BCUT2D eigenvalue weighted by Crippen LogP contribution is -2.45. The highest BCUT2D eigenvalue weighted by atomic mass is 16.5. The molecule has 1 saturated heterocycles. The molecule has 3 aliphatic rings. The van der Waals surface area contributed by atoms with Gasteiger partial charge in [0, 0.05) is 0 Å². The smallest absolute Gasteiger partial charge is 0.239 e. The molecule has 0 N–H and O–H groups in total. The van der Waals surface area contributed by atoms with Crippen LogP contribution in [0.2, 0.25) is 0 Å². The number of benzene rings is 5. The number of hydrogen-bond donors (Lipinski definition) is 0. The molecule has 8 rings (SSSR count). The van der Waals surface area contributed by atoms with Gasteiger partial charge in [-0.3, -0.25) is 14.4 Å². The summed E-state index contributed by atoms with van der Waals surface area (Å²) in [5.74, 6) is -1.44. The van der Waals surface area contributed by atoms with Crippen LogP contribution in [0.3, 0.4) is 0 Å². The highest BCUT2D eigenvalue weighted by Crippen LogP contribution is 2.74. The molecule has 1 saturated carbocycles. The van der Waals surface area contributed by atoms with Crippen LogP contribution in [0.15, 0.2) is 133 Å². The van der Waals surface area contributed by atoms with E-state index >= 15 is 14.4 Å². The molecule has 0 unspecified atom stereocenters. The van der Waals surface area contributed by atoms with Crippen LogP contribution in [0.4, 0.5) is 5.69 Å².